The third-order valence-electron chi connectivity index (χ3n) is 5.54. The van der Waals surface area contributed by atoms with E-state index < -0.39 is 53.9 Å². The number of nitrogen functional groups attached to an aromatic ring is 1. The van der Waals surface area contributed by atoms with Crippen molar-refractivity contribution in [3.8, 4) is 0 Å². The van der Waals surface area contributed by atoms with E-state index in [1.54, 1.807) is 27.7 Å². The van der Waals surface area contributed by atoms with Gasteiger partial charge in [0.05, 0.1) is 12.9 Å². The van der Waals surface area contributed by atoms with E-state index in [1.807, 2.05) is 0 Å². The molecule has 2 aromatic heterocycles. The van der Waals surface area contributed by atoms with Crippen molar-refractivity contribution in [2.75, 3.05) is 12.3 Å². The third kappa shape index (κ3) is 3.11. The molecule has 3 fully saturated rings. The van der Waals surface area contributed by atoms with Crippen LogP contribution in [-0.4, -0.2) is 73.3 Å². The molecule has 12 heteroatoms. The highest BCUT2D eigenvalue weighted by Crippen LogP contribution is 2.43. The highest BCUT2D eigenvalue weighted by Gasteiger charge is 2.58. The van der Waals surface area contributed by atoms with Crippen LogP contribution < -0.4 is 11.3 Å². The van der Waals surface area contributed by atoms with E-state index >= 15 is 0 Å². The lowest BCUT2D eigenvalue weighted by Gasteiger charge is -2.42. The number of aliphatic hydroxyl groups excluding tert-OH is 1. The zero-order chi connectivity index (χ0) is 21.4. The number of rotatable bonds is 1. The fourth-order valence-corrected chi connectivity index (χ4v) is 4.33. The molecule has 5 rings (SSSR count). The summed E-state index contributed by atoms with van der Waals surface area (Å²) in [6.07, 6.45) is -3.25. The number of anilines is 1. The number of H-pyrrole nitrogens is 1. The van der Waals surface area contributed by atoms with Gasteiger partial charge in [-0.2, -0.15) is 4.98 Å². The molecule has 0 aromatic carbocycles. The molecule has 5 heterocycles. The summed E-state index contributed by atoms with van der Waals surface area (Å²) >= 11 is 0. The Labute approximate surface area is 171 Å². The van der Waals surface area contributed by atoms with Crippen molar-refractivity contribution in [2.24, 2.45) is 0 Å². The van der Waals surface area contributed by atoms with Crippen molar-refractivity contribution in [2.45, 2.75) is 76.0 Å². The Bertz CT molecular complexity index is 1030. The number of nitrogens with two attached hydrogens (primary N) is 1. The van der Waals surface area contributed by atoms with Crippen molar-refractivity contribution in [3.05, 3.63) is 16.7 Å². The van der Waals surface area contributed by atoms with Gasteiger partial charge in [0, 0.05) is 0 Å². The fourth-order valence-electron chi connectivity index (χ4n) is 4.33. The monoisotopic (exact) mass is 423 g/mol. The Balaban J connectivity index is 1.60. The number of nitrogens with one attached hydrogen (secondary N) is 1. The summed E-state index contributed by atoms with van der Waals surface area (Å²) in [5, 5.41) is 11.3. The summed E-state index contributed by atoms with van der Waals surface area (Å²) in [6.45, 7) is 7.38. The third-order valence-corrected chi connectivity index (χ3v) is 5.54. The minimum atomic E-state index is -1.17. The smallest absolute Gasteiger partial charge is 0.280 e. The maximum atomic E-state index is 12.2. The van der Waals surface area contributed by atoms with Gasteiger partial charge in [0.15, 0.2) is 29.0 Å². The van der Waals surface area contributed by atoms with E-state index in [1.165, 1.54) is 10.9 Å². The van der Waals surface area contributed by atoms with Gasteiger partial charge < -0.3 is 34.5 Å². The van der Waals surface area contributed by atoms with Crippen LogP contribution in [0.3, 0.4) is 0 Å². The Hall–Kier alpha value is -2.09. The van der Waals surface area contributed by atoms with Gasteiger partial charge in [-0.1, -0.05) is 0 Å². The van der Waals surface area contributed by atoms with Crippen LogP contribution in [0.1, 0.15) is 33.9 Å². The molecule has 0 amide bonds. The van der Waals surface area contributed by atoms with Gasteiger partial charge in [-0.05, 0) is 27.7 Å². The molecule has 0 aliphatic carbocycles. The number of fused-ring (bicyclic) bond motifs is 4. The molecule has 0 saturated carbocycles. The number of aromatic nitrogens is 4. The number of hydrogen-bond acceptors (Lipinski definition) is 10. The molecule has 164 valence electrons. The van der Waals surface area contributed by atoms with Gasteiger partial charge >= 0.3 is 0 Å². The molecule has 30 heavy (non-hydrogen) atoms. The molecular weight excluding hydrogens is 398 g/mol. The molecule has 4 N–H and O–H groups in total. The maximum absolute atomic E-state index is 12.2. The predicted octanol–water partition coefficient (Wildman–Crippen LogP) is -0.368. The van der Waals surface area contributed by atoms with Crippen LogP contribution in [0.2, 0.25) is 0 Å². The summed E-state index contributed by atoms with van der Waals surface area (Å²) in [5.74, 6) is -1.84. The Kier molecular flexibility index (Phi) is 4.27. The van der Waals surface area contributed by atoms with Crippen LogP contribution in [0.5, 0.6) is 0 Å². The van der Waals surface area contributed by atoms with Crippen molar-refractivity contribution >= 4 is 17.1 Å². The second kappa shape index (κ2) is 6.45. The van der Waals surface area contributed by atoms with E-state index in [0.29, 0.717) is 0 Å². The predicted molar refractivity (Wildman–Crippen MR) is 101 cm³/mol. The van der Waals surface area contributed by atoms with Crippen LogP contribution in [0.15, 0.2) is 11.1 Å². The lowest BCUT2D eigenvalue weighted by atomic mass is 9.99. The summed E-state index contributed by atoms with van der Waals surface area (Å²) in [4.78, 5) is 22.9. The zero-order valence-electron chi connectivity index (χ0n) is 17.1. The number of nitrogens with zero attached hydrogens (tertiary/aromatic N) is 3. The first-order valence-electron chi connectivity index (χ1n) is 9.78. The molecule has 6 atom stereocenters. The number of imidazole rings is 1. The van der Waals surface area contributed by atoms with Crippen molar-refractivity contribution in [1.29, 1.82) is 0 Å². The Morgan fingerprint density at radius 2 is 1.87 bits per heavy atom. The number of aromatic amines is 1. The normalized spacial score (nSPS) is 37.5. The van der Waals surface area contributed by atoms with E-state index in [0.717, 1.165) is 0 Å². The van der Waals surface area contributed by atoms with Crippen molar-refractivity contribution in [1.82, 2.24) is 19.5 Å². The van der Waals surface area contributed by atoms with Crippen LogP contribution in [0.25, 0.3) is 11.2 Å². The molecule has 12 nitrogen and oxygen atoms in total. The Morgan fingerprint density at radius 1 is 1.17 bits per heavy atom. The minimum absolute atomic E-state index is 0.0687. The summed E-state index contributed by atoms with van der Waals surface area (Å²) < 4.78 is 31.7. The largest absolute Gasteiger partial charge is 0.386 e. The van der Waals surface area contributed by atoms with Crippen LogP contribution in [0, 0.1) is 0 Å². The quantitative estimate of drug-likeness (QED) is 0.553. The standard InChI is InChI=1S/C18H25N5O7/c1-17(2)26-5-7-10(28-17)12-11(29-18(3,4)30-12)9(24)15(27-7)23-6-20-8-13(23)21-16(19)22-14(8)25/h6-7,9-12,15,24H,5H2,1-4H3,(H3,19,21,22,25)/t7?,9?,10-,11?,12+,15-/m1/s1. The summed E-state index contributed by atoms with van der Waals surface area (Å²) in [7, 11) is 0. The molecule has 3 aliphatic rings. The molecular formula is C18H25N5O7. The number of hydrogen-bond donors (Lipinski definition) is 3. The first-order valence-corrected chi connectivity index (χ1v) is 9.78. The SMILES string of the molecule is CC1(C)OCC2O[C@@H](n3cnc4c(=O)[nH]c(N)nc43)C(O)C3OC(C)(C)O[C@H]3[C@@H]2O1. The molecule has 2 aromatic rings. The Morgan fingerprint density at radius 3 is 2.63 bits per heavy atom. The molecule has 3 unspecified atom stereocenters. The topological polar surface area (TPSA) is 156 Å². The lowest BCUT2D eigenvalue weighted by Crippen LogP contribution is -2.55. The first kappa shape index (κ1) is 19.8. The van der Waals surface area contributed by atoms with Gasteiger partial charge in [0.2, 0.25) is 5.95 Å². The number of ether oxygens (including phenoxy) is 5. The van der Waals surface area contributed by atoms with Crippen molar-refractivity contribution < 1.29 is 28.8 Å². The minimum Gasteiger partial charge on any atom is -0.386 e. The van der Waals surface area contributed by atoms with Gasteiger partial charge in [0.25, 0.3) is 5.56 Å². The molecule has 0 radical (unpaired) electrons. The second-order valence-corrected chi connectivity index (χ2v) is 8.69. The van der Waals surface area contributed by atoms with Gasteiger partial charge in [-0.25, -0.2) is 4.98 Å². The average Bonchev–Trinajstić information content (AvgIpc) is 3.18. The second-order valence-electron chi connectivity index (χ2n) is 8.69. The highest BCUT2D eigenvalue weighted by molar-refractivity contribution is 5.70. The van der Waals surface area contributed by atoms with Gasteiger partial charge in [0.1, 0.15) is 30.5 Å². The summed E-state index contributed by atoms with van der Waals surface area (Å²) in [5.41, 5.74) is 5.49. The van der Waals surface area contributed by atoms with E-state index in [2.05, 4.69) is 15.0 Å². The van der Waals surface area contributed by atoms with Crippen LogP contribution in [0.4, 0.5) is 5.95 Å². The fraction of sp³-hybridized carbons (Fsp3) is 0.722. The number of aliphatic hydroxyl groups is 1. The van der Waals surface area contributed by atoms with Crippen LogP contribution >= 0.6 is 0 Å². The molecule has 3 saturated heterocycles. The maximum Gasteiger partial charge on any atom is 0.280 e. The van der Waals surface area contributed by atoms with Gasteiger partial charge in [-0.15, -0.1) is 0 Å². The molecule has 0 bridgehead atoms. The molecule has 0 spiro atoms. The van der Waals surface area contributed by atoms with Crippen LogP contribution in [-0.2, 0) is 23.7 Å². The van der Waals surface area contributed by atoms with E-state index in [-0.39, 0.29) is 23.7 Å². The van der Waals surface area contributed by atoms with E-state index in [4.69, 9.17) is 29.4 Å². The van der Waals surface area contributed by atoms with E-state index in [9.17, 15) is 9.90 Å². The average molecular weight is 423 g/mol. The van der Waals surface area contributed by atoms with Crippen molar-refractivity contribution in [3.63, 3.8) is 0 Å². The lowest BCUT2D eigenvalue weighted by molar-refractivity contribution is -0.332. The van der Waals surface area contributed by atoms with Gasteiger partial charge in [-0.3, -0.25) is 14.3 Å². The zero-order valence-corrected chi connectivity index (χ0v) is 17.1. The highest BCUT2D eigenvalue weighted by atomic mass is 16.8. The molecule has 3 aliphatic heterocycles. The summed E-state index contributed by atoms with van der Waals surface area (Å²) in [6, 6.07) is 0. The first-order chi connectivity index (χ1) is 14.0.